The molecule has 0 aromatic heterocycles. The highest BCUT2D eigenvalue weighted by molar-refractivity contribution is 4.74. The van der Waals surface area contributed by atoms with Crippen LogP contribution in [0.25, 0.3) is 0 Å². The Balaban J connectivity index is 3.75. The molecule has 74 valence electrons. The molecule has 0 aliphatic carbocycles. The van der Waals surface area contributed by atoms with Crippen molar-refractivity contribution >= 4 is 0 Å². The van der Waals surface area contributed by atoms with Crippen LogP contribution in [0.1, 0.15) is 34.6 Å². The SMILES string of the molecule is COC(C)C(C)NC(C)C(C)C. The second-order valence-corrected chi connectivity index (χ2v) is 3.93. The Morgan fingerprint density at radius 2 is 1.42 bits per heavy atom. The van der Waals surface area contributed by atoms with Gasteiger partial charge < -0.3 is 10.1 Å². The van der Waals surface area contributed by atoms with Crippen molar-refractivity contribution in [2.24, 2.45) is 5.92 Å². The van der Waals surface area contributed by atoms with E-state index in [1.165, 1.54) is 0 Å². The smallest absolute Gasteiger partial charge is 0.0693 e. The van der Waals surface area contributed by atoms with Crippen LogP contribution in [0.5, 0.6) is 0 Å². The number of hydrogen-bond donors (Lipinski definition) is 1. The van der Waals surface area contributed by atoms with Gasteiger partial charge in [0.2, 0.25) is 0 Å². The van der Waals surface area contributed by atoms with Gasteiger partial charge in [0.1, 0.15) is 0 Å². The van der Waals surface area contributed by atoms with Crippen LogP contribution >= 0.6 is 0 Å². The minimum absolute atomic E-state index is 0.284. The summed E-state index contributed by atoms with van der Waals surface area (Å²) in [6.45, 7) is 10.9. The van der Waals surface area contributed by atoms with Gasteiger partial charge in [-0.05, 0) is 26.7 Å². The number of rotatable bonds is 5. The number of methoxy groups -OCH3 is 1. The summed E-state index contributed by atoms with van der Waals surface area (Å²) < 4.78 is 5.23. The van der Waals surface area contributed by atoms with Crippen LogP contribution in [0.4, 0.5) is 0 Å². The molecule has 2 nitrogen and oxygen atoms in total. The van der Waals surface area contributed by atoms with Crippen LogP contribution in [0.2, 0.25) is 0 Å². The van der Waals surface area contributed by atoms with E-state index in [0.717, 1.165) is 0 Å². The molecule has 0 aromatic carbocycles. The molecule has 0 amide bonds. The molecule has 12 heavy (non-hydrogen) atoms. The second kappa shape index (κ2) is 5.55. The van der Waals surface area contributed by atoms with E-state index in [0.29, 0.717) is 18.0 Å². The molecule has 0 bridgehead atoms. The average Bonchev–Trinajstić information content (AvgIpc) is 2.02. The summed E-state index contributed by atoms with van der Waals surface area (Å²) in [6, 6.07) is 0.977. The summed E-state index contributed by atoms with van der Waals surface area (Å²) in [5.41, 5.74) is 0. The normalized spacial score (nSPS) is 19.2. The van der Waals surface area contributed by atoms with E-state index in [4.69, 9.17) is 4.74 Å². The Labute approximate surface area is 76.7 Å². The maximum absolute atomic E-state index is 5.23. The highest BCUT2D eigenvalue weighted by Gasteiger charge is 2.15. The summed E-state index contributed by atoms with van der Waals surface area (Å²) in [5, 5.41) is 3.50. The van der Waals surface area contributed by atoms with Gasteiger partial charge in [0.05, 0.1) is 6.10 Å². The van der Waals surface area contributed by atoms with E-state index >= 15 is 0 Å². The molecule has 0 fully saturated rings. The van der Waals surface area contributed by atoms with Gasteiger partial charge in [-0.25, -0.2) is 0 Å². The zero-order valence-electron chi connectivity index (χ0n) is 9.22. The van der Waals surface area contributed by atoms with Crippen molar-refractivity contribution in [2.75, 3.05) is 7.11 Å². The Morgan fingerprint density at radius 3 is 1.75 bits per heavy atom. The molecule has 3 atom stereocenters. The third kappa shape index (κ3) is 4.07. The van der Waals surface area contributed by atoms with Gasteiger partial charge in [0, 0.05) is 19.2 Å². The van der Waals surface area contributed by atoms with Crippen molar-refractivity contribution in [2.45, 2.75) is 52.8 Å². The largest absolute Gasteiger partial charge is 0.380 e. The lowest BCUT2D eigenvalue weighted by atomic mass is 10.0. The number of ether oxygens (including phenoxy) is 1. The van der Waals surface area contributed by atoms with Gasteiger partial charge in [-0.3, -0.25) is 0 Å². The standard InChI is InChI=1S/C10H23NO/c1-7(2)8(3)11-9(4)10(5)12-6/h7-11H,1-6H3. The van der Waals surface area contributed by atoms with E-state index in [-0.39, 0.29) is 6.10 Å². The summed E-state index contributed by atoms with van der Waals surface area (Å²) in [5.74, 6) is 0.677. The Bertz CT molecular complexity index is 114. The van der Waals surface area contributed by atoms with Gasteiger partial charge in [-0.15, -0.1) is 0 Å². The Kier molecular flexibility index (Phi) is 5.51. The maximum Gasteiger partial charge on any atom is 0.0693 e. The molecule has 2 heteroatoms. The third-order valence-corrected chi connectivity index (χ3v) is 2.60. The quantitative estimate of drug-likeness (QED) is 0.687. The van der Waals surface area contributed by atoms with Crippen LogP contribution in [0, 0.1) is 5.92 Å². The van der Waals surface area contributed by atoms with E-state index in [2.05, 4.69) is 39.9 Å². The summed E-state index contributed by atoms with van der Waals surface area (Å²) in [6.07, 6.45) is 0.284. The van der Waals surface area contributed by atoms with Crippen molar-refractivity contribution in [1.29, 1.82) is 0 Å². The first-order valence-corrected chi connectivity index (χ1v) is 4.77. The topological polar surface area (TPSA) is 21.3 Å². The van der Waals surface area contributed by atoms with Crippen molar-refractivity contribution in [3.63, 3.8) is 0 Å². The molecular formula is C10H23NO. The monoisotopic (exact) mass is 173 g/mol. The van der Waals surface area contributed by atoms with Gasteiger partial charge in [0.25, 0.3) is 0 Å². The van der Waals surface area contributed by atoms with Crippen molar-refractivity contribution in [3.8, 4) is 0 Å². The molecular weight excluding hydrogens is 150 g/mol. The predicted octanol–water partition coefficient (Wildman–Crippen LogP) is 2.04. The van der Waals surface area contributed by atoms with Gasteiger partial charge in [-0.1, -0.05) is 13.8 Å². The Morgan fingerprint density at radius 1 is 0.917 bits per heavy atom. The molecule has 0 heterocycles. The fourth-order valence-corrected chi connectivity index (χ4v) is 0.947. The lowest BCUT2D eigenvalue weighted by Gasteiger charge is -2.26. The fourth-order valence-electron chi connectivity index (χ4n) is 0.947. The minimum Gasteiger partial charge on any atom is -0.380 e. The van der Waals surface area contributed by atoms with Crippen LogP contribution in [-0.2, 0) is 4.74 Å². The van der Waals surface area contributed by atoms with Gasteiger partial charge >= 0.3 is 0 Å². The third-order valence-electron chi connectivity index (χ3n) is 2.60. The summed E-state index contributed by atoms with van der Waals surface area (Å²) in [7, 11) is 1.75. The van der Waals surface area contributed by atoms with E-state index in [9.17, 15) is 0 Å². The molecule has 0 saturated carbocycles. The van der Waals surface area contributed by atoms with Crippen LogP contribution < -0.4 is 5.32 Å². The molecule has 0 aliphatic heterocycles. The van der Waals surface area contributed by atoms with Crippen LogP contribution in [0.15, 0.2) is 0 Å². The molecule has 0 saturated heterocycles. The maximum atomic E-state index is 5.23. The van der Waals surface area contributed by atoms with Gasteiger partial charge in [0.15, 0.2) is 0 Å². The lowest BCUT2D eigenvalue weighted by Crippen LogP contribution is -2.43. The highest BCUT2D eigenvalue weighted by atomic mass is 16.5. The molecule has 3 unspecified atom stereocenters. The molecule has 0 aliphatic rings. The first-order chi connectivity index (χ1) is 5.49. The number of nitrogens with one attached hydrogen (secondary N) is 1. The first kappa shape index (κ1) is 11.9. The summed E-state index contributed by atoms with van der Waals surface area (Å²) in [4.78, 5) is 0. The van der Waals surface area contributed by atoms with E-state index in [1.54, 1.807) is 7.11 Å². The highest BCUT2D eigenvalue weighted by Crippen LogP contribution is 2.04. The van der Waals surface area contributed by atoms with E-state index in [1.807, 2.05) is 0 Å². The predicted molar refractivity (Wildman–Crippen MR) is 53.4 cm³/mol. The molecule has 0 radical (unpaired) electrons. The van der Waals surface area contributed by atoms with Gasteiger partial charge in [-0.2, -0.15) is 0 Å². The zero-order valence-corrected chi connectivity index (χ0v) is 9.22. The molecule has 0 aromatic rings. The molecule has 1 N–H and O–H groups in total. The second-order valence-electron chi connectivity index (χ2n) is 3.93. The van der Waals surface area contributed by atoms with Crippen molar-refractivity contribution in [1.82, 2.24) is 5.32 Å². The minimum atomic E-state index is 0.284. The zero-order chi connectivity index (χ0) is 9.72. The van der Waals surface area contributed by atoms with E-state index < -0.39 is 0 Å². The average molecular weight is 173 g/mol. The lowest BCUT2D eigenvalue weighted by molar-refractivity contribution is 0.0828. The molecule has 0 spiro atoms. The first-order valence-electron chi connectivity index (χ1n) is 4.77. The number of hydrogen-bond acceptors (Lipinski definition) is 2. The summed E-state index contributed by atoms with van der Waals surface area (Å²) >= 11 is 0. The van der Waals surface area contributed by atoms with Crippen molar-refractivity contribution in [3.05, 3.63) is 0 Å². The van der Waals surface area contributed by atoms with Crippen LogP contribution in [0.3, 0.4) is 0 Å². The van der Waals surface area contributed by atoms with Crippen molar-refractivity contribution < 1.29 is 4.74 Å². The molecule has 0 rings (SSSR count). The Hall–Kier alpha value is -0.0800. The van der Waals surface area contributed by atoms with Crippen LogP contribution in [-0.4, -0.2) is 25.3 Å². The fraction of sp³-hybridized carbons (Fsp3) is 1.00.